The molecule has 0 rings (SSSR count). The zero-order valence-electron chi connectivity index (χ0n) is 44.9. The van der Waals surface area contributed by atoms with Crippen molar-refractivity contribution in [2.75, 3.05) is 47.5 Å². The van der Waals surface area contributed by atoms with Gasteiger partial charge in [0.1, 0.15) is 19.8 Å². The summed E-state index contributed by atoms with van der Waals surface area (Å²) in [6.45, 7) is 4.26. The van der Waals surface area contributed by atoms with E-state index in [-0.39, 0.29) is 32.0 Å². The number of hydrogen-bond acceptors (Lipinski definition) is 8. The fraction of sp³-hybridized carbons (Fsp3) is 0.895. The molecule has 0 fully saturated rings. The van der Waals surface area contributed by atoms with Crippen LogP contribution in [-0.4, -0.2) is 70.0 Å². The number of phosphoric ester groups is 1. The third-order valence-electron chi connectivity index (χ3n) is 12.7. The van der Waals surface area contributed by atoms with E-state index in [1.807, 2.05) is 21.1 Å². The van der Waals surface area contributed by atoms with Gasteiger partial charge in [0.25, 0.3) is 7.82 Å². The highest BCUT2D eigenvalue weighted by atomic mass is 31.2. The molecular formula is C57H110NO8P. The third-order valence-corrected chi connectivity index (χ3v) is 13.7. The Kier molecular flexibility index (Phi) is 48.4. The summed E-state index contributed by atoms with van der Waals surface area (Å²) in [6.07, 6.45) is 58.0. The van der Waals surface area contributed by atoms with E-state index in [2.05, 4.69) is 38.2 Å². The van der Waals surface area contributed by atoms with Crippen LogP contribution in [0.4, 0.5) is 0 Å². The summed E-state index contributed by atoms with van der Waals surface area (Å²) in [4.78, 5) is 37.8. The molecule has 0 radical (unpaired) electrons. The Labute approximate surface area is 415 Å². The van der Waals surface area contributed by atoms with Crippen LogP contribution >= 0.6 is 7.82 Å². The standard InChI is InChI=1S/C57H110NO8P/c1-6-8-10-12-14-16-18-20-22-24-25-26-27-28-29-30-31-32-33-34-36-38-40-42-44-46-48-50-57(60)66-55(54-65-67(61,62)64-52-51-58(3,4)5)53-63-56(59)49-47-45-43-41-39-37-35-23-21-19-17-15-13-11-9-7-2/h23-25,35,55H,6-22,26-34,36-54H2,1-5H3/b25-24-,35-23-. The van der Waals surface area contributed by atoms with E-state index in [4.69, 9.17) is 18.5 Å². The van der Waals surface area contributed by atoms with Gasteiger partial charge in [-0.2, -0.15) is 0 Å². The first-order valence-corrected chi connectivity index (χ1v) is 30.0. The summed E-state index contributed by atoms with van der Waals surface area (Å²) < 4.78 is 34.1. The molecule has 0 aliphatic carbocycles. The summed E-state index contributed by atoms with van der Waals surface area (Å²) in [5, 5.41) is 0. The van der Waals surface area contributed by atoms with Crippen molar-refractivity contribution < 1.29 is 42.1 Å². The van der Waals surface area contributed by atoms with E-state index in [1.165, 1.54) is 193 Å². The van der Waals surface area contributed by atoms with Crippen molar-refractivity contribution in [3.63, 3.8) is 0 Å². The second kappa shape index (κ2) is 49.5. The van der Waals surface area contributed by atoms with Gasteiger partial charge in [0, 0.05) is 12.8 Å². The maximum atomic E-state index is 12.8. The van der Waals surface area contributed by atoms with Crippen molar-refractivity contribution in [1.82, 2.24) is 0 Å². The minimum Gasteiger partial charge on any atom is -0.756 e. The highest BCUT2D eigenvalue weighted by Crippen LogP contribution is 2.38. The Hall–Kier alpha value is -1.51. The van der Waals surface area contributed by atoms with Crippen LogP contribution < -0.4 is 4.89 Å². The number of quaternary nitrogens is 1. The molecule has 10 heteroatoms. The van der Waals surface area contributed by atoms with Gasteiger partial charge >= 0.3 is 11.9 Å². The van der Waals surface area contributed by atoms with Crippen molar-refractivity contribution in [3.8, 4) is 0 Å². The number of unbranched alkanes of at least 4 members (excludes halogenated alkanes) is 35. The molecular weight excluding hydrogens is 858 g/mol. The number of hydrogen-bond donors (Lipinski definition) is 0. The number of rotatable bonds is 53. The van der Waals surface area contributed by atoms with E-state index >= 15 is 0 Å². The Bertz CT molecular complexity index is 1190. The number of phosphoric acid groups is 1. The molecule has 9 nitrogen and oxygen atoms in total. The first-order chi connectivity index (χ1) is 32.5. The van der Waals surface area contributed by atoms with Crippen molar-refractivity contribution >= 4 is 19.8 Å². The molecule has 67 heavy (non-hydrogen) atoms. The summed E-state index contributed by atoms with van der Waals surface area (Å²) in [5.41, 5.74) is 0. The molecule has 0 spiro atoms. The summed E-state index contributed by atoms with van der Waals surface area (Å²) in [7, 11) is 1.17. The lowest BCUT2D eigenvalue weighted by molar-refractivity contribution is -0.870. The molecule has 0 amide bonds. The predicted molar refractivity (Wildman–Crippen MR) is 282 cm³/mol. The van der Waals surface area contributed by atoms with Gasteiger partial charge in [0.05, 0.1) is 27.7 Å². The largest absolute Gasteiger partial charge is 0.756 e. The number of carbonyl (C=O) groups excluding carboxylic acids is 2. The third kappa shape index (κ3) is 53.7. The number of ether oxygens (including phenoxy) is 2. The summed E-state index contributed by atoms with van der Waals surface area (Å²) in [5.74, 6) is -0.830. The van der Waals surface area contributed by atoms with Gasteiger partial charge in [-0.15, -0.1) is 0 Å². The zero-order valence-corrected chi connectivity index (χ0v) is 45.8. The Morgan fingerprint density at radius 3 is 1.10 bits per heavy atom. The molecule has 0 aromatic rings. The zero-order chi connectivity index (χ0) is 49.2. The topological polar surface area (TPSA) is 111 Å². The normalized spacial score (nSPS) is 13.5. The first-order valence-electron chi connectivity index (χ1n) is 28.5. The lowest BCUT2D eigenvalue weighted by atomic mass is 10.0. The fourth-order valence-electron chi connectivity index (χ4n) is 8.24. The van der Waals surface area contributed by atoms with Crippen LogP contribution in [0.5, 0.6) is 0 Å². The van der Waals surface area contributed by atoms with Crippen LogP contribution in [0.25, 0.3) is 0 Å². The van der Waals surface area contributed by atoms with Crippen LogP contribution in [0.1, 0.15) is 277 Å². The molecule has 2 atom stereocenters. The molecule has 0 N–H and O–H groups in total. The van der Waals surface area contributed by atoms with Crippen LogP contribution in [0.3, 0.4) is 0 Å². The van der Waals surface area contributed by atoms with Gasteiger partial charge in [-0.3, -0.25) is 14.2 Å². The summed E-state index contributed by atoms with van der Waals surface area (Å²) >= 11 is 0. The lowest BCUT2D eigenvalue weighted by Gasteiger charge is -2.28. The minimum atomic E-state index is -4.63. The Morgan fingerprint density at radius 1 is 0.448 bits per heavy atom. The highest BCUT2D eigenvalue weighted by Gasteiger charge is 2.22. The molecule has 396 valence electrons. The molecule has 2 unspecified atom stereocenters. The lowest BCUT2D eigenvalue weighted by Crippen LogP contribution is -2.37. The van der Waals surface area contributed by atoms with Crippen LogP contribution in [0.2, 0.25) is 0 Å². The summed E-state index contributed by atoms with van der Waals surface area (Å²) in [6, 6.07) is 0. The average Bonchev–Trinajstić information content (AvgIpc) is 3.29. The van der Waals surface area contributed by atoms with Crippen LogP contribution in [0, 0.1) is 0 Å². The number of esters is 2. The molecule has 0 aliphatic heterocycles. The van der Waals surface area contributed by atoms with Gasteiger partial charge in [-0.25, -0.2) is 0 Å². The van der Waals surface area contributed by atoms with E-state index in [0.717, 1.165) is 51.4 Å². The van der Waals surface area contributed by atoms with E-state index in [1.54, 1.807) is 0 Å². The number of likely N-dealkylation sites (N-methyl/N-ethyl adjacent to an activating group) is 1. The van der Waals surface area contributed by atoms with Crippen LogP contribution in [-0.2, 0) is 32.7 Å². The van der Waals surface area contributed by atoms with Crippen LogP contribution in [0.15, 0.2) is 24.3 Å². The first kappa shape index (κ1) is 65.5. The Morgan fingerprint density at radius 2 is 0.761 bits per heavy atom. The van der Waals surface area contributed by atoms with Gasteiger partial charge in [0.2, 0.25) is 0 Å². The van der Waals surface area contributed by atoms with Gasteiger partial charge < -0.3 is 27.9 Å². The van der Waals surface area contributed by atoms with E-state index < -0.39 is 26.5 Å². The molecule has 0 aromatic heterocycles. The smallest absolute Gasteiger partial charge is 0.306 e. The monoisotopic (exact) mass is 968 g/mol. The maximum Gasteiger partial charge on any atom is 0.306 e. The second-order valence-electron chi connectivity index (χ2n) is 20.6. The number of carbonyl (C=O) groups is 2. The van der Waals surface area contributed by atoms with Crippen molar-refractivity contribution in [3.05, 3.63) is 24.3 Å². The van der Waals surface area contributed by atoms with E-state index in [0.29, 0.717) is 17.4 Å². The predicted octanol–water partition coefficient (Wildman–Crippen LogP) is 16.8. The molecule has 0 saturated carbocycles. The van der Waals surface area contributed by atoms with Gasteiger partial charge in [0.15, 0.2) is 6.10 Å². The quantitative estimate of drug-likeness (QED) is 0.0195. The maximum absolute atomic E-state index is 12.8. The van der Waals surface area contributed by atoms with Gasteiger partial charge in [-0.1, -0.05) is 224 Å². The minimum absolute atomic E-state index is 0.0298. The SMILES string of the molecule is CCCCCCCCC/C=C\CCCCCCCC(=O)OCC(COP(=O)([O-])OCC[N+](C)(C)C)OC(=O)CCCCCCCCCCCCCCCCC/C=C\CCCCCCCCCC. The molecule has 0 heterocycles. The fourth-order valence-corrected chi connectivity index (χ4v) is 8.96. The van der Waals surface area contributed by atoms with Gasteiger partial charge in [-0.05, 0) is 64.2 Å². The Balaban J connectivity index is 4.11. The molecule has 0 bridgehead atoms. The highest BCUT2D eigenvalue weighted by molar-refractivity contribution is 7.45. The van der Waals surface area contributed by atoms with Crippen molar-refractivity contribution in [2.24, 2.45) is 0 Å². The molecule has 0 aromatic carbocycles. The second-order valence-corrected chi connectivity index (χ2v) is 22.1. The molecule has 0 aliphatic rings. The van der Waals surface area contributed by atoms with Crippen molar-refractivity contribution in [2.45, 2.75) is 283 Å². The average molecular weight is 968 g/mol. The number of nitrogens with zero attached hydrogens (tertiary/aromatic N) is 1. The number of allylic oxidation sites excluding steroid dienone is 4. The van der Waals surface area contributed by atoms with E-state index in [9.17, 15) is 19.0 Å². The molecule has 0 saturated heterocycles. The van der Waals surface area contributed by atoms with Crippen molar-refractivity contribution in [1.29, 1.82) is 0 Å².